The first kappa shape index (κ1) is 24.3. The summed E-state index contributed by atoms with van der Waals surface area (Å²) in [5.74, 6) is 2.43. The van der Waals surface area contributed by atoms with Crippen molar-refractivity contribution in [2.45, 2.75) is 59.4 Å². The summed E-state index contributed by atoms with van der Waals surface area (Å²) in [6.45, 7) is 7.19. The molecule has 0 saturated heterocycles. The monoisotopic (exact) mass is 483 g/mol. The van der Waals surface area contributed by atoms with Crippen LogP contribution in [0.5, 0.6) is 11.5 Å². The van der Waals surface area contributed by atoms with Crippen LogP contribution >= 0.6 is 11.3 Å². The van der Waals surface area contributed by atoms with Crippen molar-refractivity contribution in [1.29, 1.82) is 0 Å². The van der Waals surface area contributed by atoms with E-state index in [0.29, 0.717) is 36.2 Å². The topological polar surface area (TPSA) is 93.3 Å². The second kappa shape index (κ2) is 9.78. The number of ether oxygens (including phenoxy) is 2. The van der Waals surface area contributed by atoms with Crippen molar-refractivity contribution in [3.05, 3.63) is 50.4 Å². The molecule has 8 heteroatoms. The van der Waals surface area contributed by atoms with Crippen LogP contribution in [0.25, 0.3) is 10.2 Å². The van der Waals surface area contributed by atoms with Crippen LogP contribution in [0.2, 0.25) is 0 Å². The Kier molecular flexibility index (Phi) is 6.98. The van der Waals surface area contributed by atoms with E-state index < -0.39 is 0 Å². The number of rotatable bonds is 7. The first-order chi connectivity index (χ1) is 16.2. The molecule has 0 aliphatic heterocycles. The van der Waals surface area contributed by atoms with E-state index in [4.69, 9.17) is 14.5 Å². The van der Waals surface area contributed by atoms with Crippen LogP contribution in [-0.4, -0.2) is 30.1 Å². The minimum Gasteiger partial charge on any atom is -0.497 e. The lowest BCUT2D eigenvalue weighted by atomic mass is 9.72. The molecule has 0 unspecified atom stereocenters. The molecular formula is C26H33N3O4S. The van der Waals surface area contributed by atoms with Gasteiger partial charge in [-0.3, -0.25) is 9.59 Å². The Labute approximate surface area is 203 Å². The number of aryl methyl sites for hydroxylation is 2. The normalized spacial score (nSPS) is 15.7. The molecule has 0 fully saturated rings. The van der Waals surface area contributed by atoms with E-state index in [1.807, 2.05) is 18.2 Å². The van der Waals surface area contributed by atoms with Gasteiger partial charge in [0.05, 0.1) is 19.6 Å². The highest BCUT2D eigenvalue weighted by molar-refractivity contribution is 7.18. The standard InChI is InChI=1S/C26H33N3O4S/c1-26(2,3)16-6-8-18-20(13-16)34-25-23(18)24(31)28-21(29-25)10-11-22(30)27-14-15-12-17(32-4)7-9-19(15)33-5/h7,9,12,16H,6,8,10-11,13-14H2,1-5H3,(H,27,30)(H,28,29,31)/t16-/m0/s1. The summed E-state index contributed by atoms with van der Waals surface area (Å²) in [4.78, 5) is 35.1. The zero-order chi connectivity index (χ0) is 24.5. The number of nitrogens with zero attached hydrogens (tertiary/aromatic N) is 1. The number of amides is 1. The lowest BCUT2D eigenvalue weighted by Crippen LogP contribution is -2.26. The average Bonchev–Trinajstić information content (AvgIpc) is 3.18. The second-order valence-electron chi connectivity index (χ2n) is 9.96. The predicted molar refractivity (Wildman–Crippen MR) is 135 cm³/mol. The smallest absolute Gasteiger partial charge is 0.259 e. The predicted octanol–water partition coefficient (Wildman–Crippen LogP) is 4.40. The van der Waals surface area contributed by atoms with Crippen LogP contribution in [0.4, 0.5) is 0 Å². The number of methoxy groups -OCH3 is 2. The van der Waals surface area contributed by atoms with E-state index in [0.717, 1.165) is 35.0 Å². The number of nitrogens with one attached hydrogen (secondary N) is 2. The van der Waals surface area contributed by atoms with Crippen LogP contribution in [0.1, 0.15) is 55.4 Å². The number of benzene rings is 1. The fourth-order valence-corrected chi connectivity index (χ4v) is 5.94. The zero-order valence-corrected chi connectivity index (χ0v) is 21.4. The quantitative estimate of drug-likeness (QED) is 0.520. The summed E-state index contributed by atoms with van der Waals surface area (Å²) in [7, 11) is 3.19. The molecule has 3 aromatic rings. The molecule has 182 valence electrons. The Morgan fingerprint density at radius 3 is 2.76 bits per heavy atom. The van der Waals surface area contributed by atoms with Gasteiger partial charge in [0.2, 0.25) is 5.91 Å². The van der Waals surface area contributed by atoms with Crippen LogP contribution < -0.4 is 20.3 Å². The highest BCUT2D eigenvalue weighted by Gasteiger charge is 2.31. The minimum atomic E-state index is -0.119. The molecule has 1 atom stereocenters. The molecule has 0 bridgehead atoms. The molecule has 7 nitrogen and oxygen atoms in total. The van der Waals surface area contributed by atoms with E-state index >= 15 is 0 Å². The van der Waals surface area contributed by atoms with Crippen molar-refractivity contribution in [1.82, 2.24) is 15.3 Å². The van der Waals surface area contributed by atoms with Crippen molar-refractivity contribution in [3.8, 4) is 11.5 Å². The molecule has 2 heterocycles. The lowest BCUT2D eigenvalue weighted by molar-refractivity contribution is -0.121. The molecule has 0 spiro atoms. The second-order valence-corrected chi connectivity index (χ2v) is 11.0. The molecule has 0 radical (unpaired) electrons. The van der Waals surface area contributed by atoms with Gasteiger partial charge in [-0.05, 0) is 54.4 Å². The highest BCUT2D eigenvalue weighted by Crippen LogP contribution is 2.42. The molecule has 1 aliphatic rings. The van der Waals surface area contributed by atoms with Gasteiger partial charge in [0, 0.05) is 29.8 Å². The van der Waals surface area contributed by atoms with Gasteiger partial charge in [-0.25, -0.2) is 4.98 Å². The van der Waals surface area contributed by atoms with Gasteiger partial charge < -0.3 is 19.8 Å². The van der Waals surface area contributed by atoms with Crippen molar-refractivity contribution in [3.63, 3.8) is 0 Å². The number of hydrogen-bond donors (Lipinski definition) is 2. The summed E-state index contributed by atoms with van der Waals surface area (Å²) in [6.07, 6.45) is 3.64. The Balaban J connectivity index is 1.42. The van der Waals surface area contributed by atoms with Crippen LogP contribution in [0, 0.1) is 11.3 Å². The Morgan fingerprint density at radius 1 is 1.26 bits per heavy atom. The van der Waals surface area contributed by atoms with Crippen molar-refractivity contribution in [2.75, 3.05) is 14.2 Å². The summed E-state index contributed by atoms with van der Waals surface area (Å²) >= 11 is 1.64. The molecule has 2 aromatic heterocycles. The van der Waals surface area contributed by atoms with Gasteiger partial charge in [0.25, 0.3) is 5.56 Å². The molecule has 2 N–H and O–H groups in total. The maximum absolute atomic E-state index is 12.9. The number of H-pyrrole nitrogens is 1. The van der Waals surface area contributed by atoms with E-state index in [-0.39, 0.29) is 23.3 Å². The van der Waals surface area contributed by atoms with Gasteiger partial charge in [-0.1, -0.05) is 20.8 Å². The number of carbonyl (C=O) groups excluding carboxylic acids is 1. The van der Waals surface area contributed by atoms with Gasteiger partial charge in [0.1, 0.15) is 22.2 Å². The molecule has 1 amide bonds. The van der Waals surface area contributed by atoms with Crippen LogP contribution in [0.15, 0.2) is 23.0 Å². The third kappa shape index (κ3) is 5.12. The molecule has 34 heavy (non-hydrogen) atoms. The molecular weight excluding hydrogens is 450 g/mol. The Morgan fingerprint density at radius 2 is 2.06 bits per heavy atom. The number of thiophene rings is 1. The maximum atomic E-state index is 12.9. The Bertz CT molecular complexity index is 1260. The summed E-state index contributed by atoms with van der Waals surface area (Å²) in [5, 5.41) is 3.66. The number of aromatic amines is 1. The highest BCUT2D eigenvalue weighted by atomic mass is 32.1. The van der Waals surface area contributed by atoms with E-state index in [1.54, 1.807) is 25.6 Å². The first-order valence-corrected chi connectivity index (χ1v) is 12.5. The fourth-order valence-electron chi connectivity index (χ4n) is 4.62. The van der Waals surface area contributed by atoms with Crippen LogP contribution in [0.3, 0.4) is 0 Å². The number of hydrogen-bond acceptors (Lipinski definition) is 6. The average molecular weight is 484 g/mol. The first-order valence-electron chi connectivity index (χ1n) is 11.7. The molecule has 4 rings (SSSR count). The van der Waals surface area contributed by atoms with Gasteiger partial charge in [0.15, 0.2) is 0 Å². The third-order valence-electron chi connectivity index (χ3n) is 6.75. The fraction of sp³-hybridized carbons (Fsp3) is 0.500. The summed E-state index contributed by atoms with van der Waals surface area (Å²) in [6, 6.07) is 5.47. The summed E-state index contributed by atoms with van der Waals surface area (Å²) in [5.41, 5.74) is 2.17. The number of fused-ring (bicyclic) bond motifs is 3. The number of aromatic nitrogens is 2. The largest absolute Gasteiger partial charge is 0.497 e. The van der Waals surface area contributed by atoms with Gasteiger partial charge in [-0.15, -0.1) is 11.3 Å². The van der Waals surface area contributed by atoms with E-state index in [1.165, 1.54) is 10.4 Å². The van der Waals surface area contributed by atoms with Crippen molar-refractivity contribution < 1.29 is 14.3 Å². The summed E-state index contributed by atoms with van der Waals surface area (Å²) < 4.78 is 10.6. The number of carbonyl (C=O) groups is 1. The van der Waals surface area contributed by atoms with E-state index in [2.05, 4.69) is 31.1 Å². The lowest BCUT2D eigenvalue weighted by Gasteiger charge is -2.33. The minimum absolute atomic E-state index is 0.0896. The van der Waals surface area contributed by atoms with Crippen molar-refractivity contribution >= 4 is 27.5 Å². The molecule has 0 saturated carbocycles. The van der Waals surface area contributed by atoms with Gasteiger partial charge in [-0.2, -0.15) is 0 Å². The third-order valence-corrected chi connectivity index (χ3v) is 7.89. The van der Waals surface area contributed by atoms with Gasteiger partial charge >= 0.3 is 0 Å². The zero-order valence-electron chi connectivity index (χ0n) is 20.5. The van der Waals surface area contributed by atoms with E-state index in [9.17, 15) is 9.59 Å². The molecule has 1 aromatic carbocycles. The SMILES string of the molecule is COc1ccc(OC)c(CNC(=O)CCc2nc3sc4c(c3c(=O)[nH]2)CC[C@H](C(C)(C)C)C4)c1. The van der Waals surface area contributed by atoms with Crippen molar-refractivity contribution in [2.24, 2.45) is 11.3 Å². The molecule has 1 aliphatic carbocycles. The maximum Gasteiger partial charge on any atom is 0.259 e. The van der Waals surface area contributed by atoms with Crippen LogP contribution in [-0.2, 0) is 30.6 Å². The Hall–Kier alpha value is -2.87.